The largest absolute Gasteiger partial charge is 0.490 e. The molecular weight excluding hydrogens is 296 g/mol. The Balaban J connectivity index is 0.00000220. The highest BCUT2D eigenvalue weighted by Gasteiger charge is 2.17. The van der Waals surface area contributed by atoms with Crippen LogP contribution in [0.1, 0.15) is 12.0 Å². The van der Waals surface area contributed by atoms with Crippen LogP contribution < -0.4 is 20.5 Å². The molecule has 0 bridgehead atoms. The molecule has 0 spiro atoms. The molecule has 1 aliphatic heterocycles. The van der Waals surface area contributed by atoms with Crippen molar-refractivity contribution in [2.45, 2.75) is 19.0 Å². The zero-order valence-corrected chi connectivity index (χ0v) is 12.8. The number of fused-ring (bicyclic) bond motifs is 1. The minimum Gasteiger partial charge on any atom is -0.490 e. The van der Waals surface area contributed by atoms with Gasteiger partial charge < -0.3 is 25.3 Å². The summed E-state index contributed by atoms with van der Waals surface area (Å²) >= 11 is 0. The second-order valence-electron chi connectivity index (χ2n) is 4.57. The Morgan fingerprint density at radius 1 is 1.43 bits per heavy atom. The first-order valence-corrected chi connectivity index (χ1v) is 6.62. The lowest BCUT2D eigenvalue weighted by molar-refractivity contribution is -0.123. The van der Waals surface area contributed by atoms with E-state index in [1.165, 1.54) is 7.11 Å². The molecule has 0 saturated carbocycles. The van der Waals surface area contributed by atoms with E-state index < -0.39 is 6.04 Å². The molecule has 0 radical (unpaired) electrons. The topological polar surface area (TPSA) is 82.8 Å². The molecular formula is C14H21ClN2O4. The number of carbonyl (C=O) groups excluding carboxylic acids is 1. The monoisotopic (exact) mass is 316 g/mol. The van der Waals surface area contributed by atoms with E-state index >= 15 is 0 Å². The molecule has 21 heavy (non-hydrogen) atoms. The number of hydrogen-bond acceptors (Lipinski definition) is 5. The summed E-state index contributed by atoms with van der Waals surface area (Å²) in [6.45, 7) is 1.80. The van der Waals surface area contributed by atoms with Gasteiger partial charge in [-0.05, 0) is 6.07 Å². The summed E-state index contributed by atoms with van der Waals surface area (Å²) in [4.78, 5) is 11.8. The number of methoxy groups -OCH3 is 1. The van der Waals surface area contributed by atoms with Crippen LogP contribution in [0.25, 0.3) is 0 Å². The molecule has 3 N–H and O–H groups in total. The molecule has 1 amide bonds. The van der Waals surface area contributed by atoms with E-state index in [4.69, 9.17) is 19.9 Å². The molecule has 1 aromatic rings. The molecule has 0 fully saturated rings. The van der Waals surface area contributed by atoms with Crippen molar-refractivity contribution in [1.82, 2.24) is 5.32 Å². The van der Waals surface area contributed by atoms with Gasteiger partial charge in [-0.1, -0.05) is 12.1 Å². The van der Waals surface area contributed by atoms with Gasteiger partial charge in [0.15, 0.2) is 11.5 Å². The smallest absolute Gasteiger partial charge is 0.239 e. The normalized spacial score (nSPS) is 14.6. The Kier molecular flexibility index (Phi) is 7.28. The number of nitrogens with one attached hydrogen (secondary N) is 1. The average Bonchev–Trinajstić information content (AvgIpc) is 2.70. The fourth-order valence-corrected chi connectivity index (χ4v) is 1.96. The molecule has 1 atom stereocenters. The number of benzene rings is 1. The summed E-state index contributed by atoms with van der Waals surface area (Å²) in [7, 11) is 1.51. The van der Waals surface area contributed by atoms with Gasteiger partial charge in [-0.25, -0.2) is 0 Å². The van der Waals surface area contributed by atoms with Gasteiger partial charge >= 0.3 is 0 Å². The zero-order chi connectivity index (χ0) is 14.4. The maximum atomic E-state index is 11.8. The second-order valence-corrected chi connectivity index (χ2v) is 4.57. The number of halogens is 1. The molecule has 1 aromatic carbocycles. The summed E-state index contributed by atoms with van der Waals surface area (Å²) < 4.78 is 16.1. The van der Waals surface area contributed by atoms with Gasteiger partial charge in [0.05, 0.1) is 19.8 Å². The summed E-state index contributed by atoms with van der Waals surface area (Å²) in [5.74, 6) is 1.17. The Hall–Kier alpha value is -1.50. The van der Waals surface area contributed by atoms with Crippen molar-refractivity contribution in [3.05, 3.63) is 23.8 Å². The first-order valence-electron chi connectivity index (χ1n) is 6.62. The lowest BCUT2D eigenvalue weighted by Gasteiger charge is -2.14. The number of rotatable bonds is 5. The lowest BCUT2D eigenvalue weighted by atomic mass is 10.1. The van der Waals surface area contributed by atoms with Crippen LogP contribution in [0, 0.1) is 0 Å². The zero-order valence-electron chi connectivity index (χ0n) is 12.0. The maximum Gasteiger partial charge on any atom is 0.239 e. The fourth-order valence-electron chi connectivity index (χ4n) is 1.96. The van der Waals surface area contributed by atoms with Crippen molar-refractivity contribution in [2.75, 3.05) is 26.9 Å². The van der Waals surface area contributed by atoms with Crippen molar-refractivity contribution < 1.29 is 19.0 Å². The predicted molar refractivity (Wildman–Crippen MR) is 81.0 cm³/mol. The van der Waals surface area contributed by atoms with Crippen molar-refractivity contribution in [3.63, 3.8) is 0 Å². The number of carbonyl (C=O) groups is 1. The average molecular weight is 317 g/mol. The van der Waals surface area contributed by atoms with Crippen molar-refractivity contribution in [2.24, 2.45) is 5.73 Å². The van der Waals surface area contributed by atoms with Crippen LogP contribution in [0.4, 0.5) is 0 Å². The molecule has 7 heteroatoms. The predicted octanol–water partition coefficient (Wildman–Crippen LogP) is 0.860. The van der Waals surface area contributed by atoms with E-state index in [0.29, 0.717) is 25.5 Å². The molecule has 2 rings (SSSR count). The van der Waals surface area contributed by atoms with Crippen LogP contribution in [-0.2, 0) is 16.1 Å². The van der Waals surface area contributed by atoms with Gasteiger partial charge in [-0.3, -0.25) is 4.79 Å². The standard InChI is InChI=1S/C14H20N2O4.ClH/c1-18-9-11(15)14(17)16-8-10-4-2-5-12-13(10)20-7-3-6-19-12;/h2,4-5,11H,3,6-9,15H2,1H3,(H,16,17);1H. The van der Waals surface area contributed by atoms with E-state index in [1.807, 2.05) is 18.2 Å². The maximum absolute atomic E-state index is 11.8. The Morgan fingerprint density at radius 2 is 2.19 bits per heavy atom. The van der Waals surface area contributed by atoms with E-state index in [2.05, 4.69) is 5.32 Å². The second kappa shape index (κ2) is 8.71. The SMILES string of the molecule is COCC(N)C(=O)NCc1cccc2c1OCCCO2.Cl. The van der Waals surface area contributed by atoms with E-state index in [9.17, 15) is 4.79 Å². The molecule has 6 nitrogen and oxygen atoms in total. The Morgan fingerprint density at radius 3 is 2.95 bits per heavy atom. The highest BCUT2D eigenvalue weighted by molar-refractivity contribution is 5.85. The molecule has 1 heterocycles. The van der Waals surface area contributed by atoms with Gasteiger partial charge in [-0.2, -0.15) is 0 Å². The van der Waals surface area contributed by atoms with Crippen molar-refractivity contribution in [1.29, 1.82) is 0 Å². The van der Waals surface area contributed by atoms with Gasteiger partial charge in [-0.15, -0.1) is 12.4 Å². The van der Waals surface area contributed by atoms with Gasteiger partial charge in [0.25, 0.3) is 0 Å². The van der Waals surface area contributed by atoms with Crippen LogP contribution in [0.5, 0.6) is 11.5 Å². The van der Waals surface area contributed by atoms with Crippen LogP contribution in [-0.4, -0.2) is 38.9 Å². The van der Waals surface area contributed by atoms with E-state index in [-0.39, 0.29) is 24.9 Å². The number of para-hydroxylation sites is 1. The summed E-state index contributed by atoms with van der Waals surface area (Å²) in [6, 6.07) is 4.97. The first-order chi connectivity index (χ1) is 9.72. The van der Waals surface area contributed by atoms with Gasteiger partial charge in [0.2, 0.25) is 5.91 Å². The van der Waals surface area contributed by atoms with Crippen molar-refractivity contribution >= 4 is 18.3 Å². The number of amides is 1. The van der Waals surface area contributed by atoms with E-state index in [1.54, 1.807) is 0 Å². The lowest BCUT2D eigenvalue weighted by Crippen LogP contribution is -2.43. The minimum atomic E-state index is -0.667. The highest BCUT2D eigenvalue weighted by atomic mass is 35.5. The molecule has 0 aliphatic carbocycles. The molecule has 118 valence electrons. The number of hydrogen-bond donors (Lipinski definition) is 2. The van der Waals surface area contributed by atoms with Crippen LogP contribution in [0.15, 0.2) is 18.2 Å². The third-order valence-corrected chi connectivity index (χ3v) is 2.99. The van der Waals surface area contributed by atoms with E-state index in [0.717, 1.165) is 17.7 Å². The minimum absolute atomic E-state index is 0. The Labute approximate surface area is 130 Å². The summed E-state index contributed by atoms with van der Waals surface area (Å²) in [6.07, 6.45) is 0.846. The molecule has 1 unspecified atom stereocenters. The van der Waals surface area contributed by atoms with Gasteiger partial charge in [0.1, 0.15) is 6.04 Å². The molecule has 1 aliphatic rings. The van der Waals surface area contributed by atoms with Crippen molar-refractivity contribution in [3.8, 4) is 11.5 Å². The van der Waals surface area contributed by atoms with Crippen LogP contribution >= 0.6 is 12.4 Å². The highest BCUT2D eigenvalue weighted by Crippen LogP contribution is 2.33. The summed E-state index contributed by atoms with van der Waals surface area (Å²) in [5.41, 5.74) is 6.54. The Bertz CT molecular complexity index is 470. The molecule has 0 saturated heterocycles. The fraction of sp³-hybridized carbons (Fsp3) is 0.500. The molecule has 0 aromatic heterocycles. The first kappa shape index (κ1) is 17.6. The van der Waals surface area contributed by atoms with Crippen LogP contribution in [0.3, 0.4) is 0 Å². The third-order valence-electron chi connectivity index (χ3n) is 2.99. The summed E-state index contributed by atoms with van der Waals surface area (Å²) in [5, 5.41) is 2.77. The quantitative estimate of drug-likeness (QED) is 0.842. The number of ether oxygens (including phenoxy) is 3. The third kappa shape index (κ3) is 4.77. The van der Waals surface area contributed by atoms with Gasteiger partial charge in [0, 0.05) is 25.6 Å². The van der Waals surface area contributed by atoms with Crippen LogP contribution in [0.2, 0.25) is 0 Å². The number of nitrogens with two attached hydrogens (primary N) is 1.